The first-order valence-corrected chi connectivity index (χ1v) is 9.35. The zero-order valence-electron chi connectivity index (χ0n) is 15.4. The molecule has 0 saturated heterocycles. The van der Waals surface area contributed by atoms with Crippen LogP contribution >= 0.6 is 12.2 Å². The molecule has 2 aliphatic rings. The van der Waals surface area contributed by atoms with Crippen LogP contribution in [-0.2, 0) is 5.41 Å². The van der Waals surface area contributed by atoms with E-state index in [1.807, 2.05) is 0 Å². The first-order chi connectivity index (χ1) is 10.7. The van der Waals surface area contributed by atoms with Crippen molar-refractivity contribution in [2.24, 2.45) is 28.4 Å². The minimum Gasteiger partial charge on any atom is -0.396 e. The molecule has 0 radical (unpaired) electrons. The van der Waals surface area contributed by atoms with Crippen molar-refractivity contribution in [3.63, 3.8) is 0 Å². The maximum atomic E-state index is 4.54. The van der Waals surface area contributed by atoms with Gasteiger partial charge in [-0.2, -0.15) is 0 Å². The first-order valence-electron chi connectivity index (χ1n) is 8.88. The van der Waals surface area contributed by atoms with Crippen LogP contribution in [0.1, 0.15) is 65.9 Å². The fourth-order valence-electron chi connectivity index (χ4n) is 5.33. The quantitative estimate of drug-likeness (QED) is 0.666. The van der Waals surface area contributed by atoms with Crippen LogP contribution in [0, 0.1) is 22.7 Å². The summed E-state index contributed by atoms with van der Waals surface area (Å²) in [5.41, 5.74) is 8.63. The molecule has 0 aliphatic heterocycles. The predicted octanol–water partition coefficient (Wildman–Crippen LogP) is 5.72. The third kappa shape index (κ3) is 3.63. The van der Waals surface area contributed by atoms with E-state index in [0.717, 1.165) is 17.3 Å². The van der Waals surface area contributed by atoms with Crippen molar-refractivity contribution < 1.29 is 0 Å². The monoisotopic (exact) mass is 331 g/mol. The maximum absolute atomic E-state index is 4.54. The Balaban J connectivity index is 0.000000595. The lowest BCUT2D eigenvalue weighted by atomic mass is 9.44. The Morgan fingerprint density at radius 3 is 2.17 bits per heavy atom. The Labute approximate surface area is 148 Å². The topological polar surface area (TPSA) is 26.0 Å². The molecule has 2 N–H and O–H groups in total. The van der Waals surface area contributed by atoms with E-state index in [1.54, 1.807) is 5.56 Å². The fraction of sp³-hybridized carbons (Fsp3) is 0.667. The molecular formula is C21H33NS. The van der Waals surface area contributed by atoms with E-state index in [4.69, 9.17) is 0 Å². The van der Waals surface area contributed by atoms with Gasteiger partial charge in [0.05, 0.1) is 5.49 Å². The summed E-state index contributed by atoms with van der Waals surface area (Å²) in [5.74, 6) is 1.69. The second kappa shape index (κ2) is 6.55. The average molecular weight is 332 g/mol. The summed E-state index contributed by atoms with van der Waals surface area (Å²) < 4.78 is 0. The van der Waals surface area contributed by atoms with Crippen molar-refractivity contribution in [3.05, 3.63) is 35.9 Å². The van der Waals surface area contributed by atoms with Crippen LogP contribution in [0.2, 0.25) is 0 Å². The normalized spacial score (nSPS) is 34.0. The van der Waals surface area contributed by atoms with Crippen molar-refractivity contribution in [2.75, 3.05) is 0 Å². The summed E-state index contributed by atoms with van der Waals surface area (Å²) in [6.07, 6.45) is 5.53. The van der Waals surface area contributed by atoms with Crippen molar-refractivity contribution in [2.45, 2.75) is 65.7 Å². The van der Waals surface area contributed by atoms with E-state index in [1.165, 1.54) is 25.7 Å². The second-order valence-electron chi connectivity index (χ2n) is 9.16. The van der Waals surface area contributed by atoms with Gasteiger partial charge >= 0.3 is 0 Å². The molecule has 128 valence electrons. The minimum atomic E-state index is 0.433. The van der Waals surface area contributed by atoms with E-state index in [0.29, 0.717) is 16.2 Å². The highest BCUT2D eigenvalue weighted by molar-refractivity contribution is 7.78. The molecule has 2 aliphatic carbocycles. The fourth-order valence-corrected chi connectivity index (χ4v) is 5.33. The number of fused-ring (bicyclic) bond motifs is 2. The summed E-state index contributed by atoms with van der Waals surface area (Å²) >= 11 is 4.05. The Morgan fingerprint density at radius 1 is 1.04 bits per heavy atom. The first kappa shape index (κ1) is 18.4. The van der Waals surface area contributed by atoms with Gasteiger partial charge in [-0.05, 0) is 59.3 Å². The molecule has 0 spiro atoms. The van der Waals surface area contributed by atoms with Gasteiger partial charge in [-0.15, -0.1) is 0 Å². The van der Waals surface area contributed by atoms with Crippen LogP contribution in [-0.4, -0.2) is 5.49 Å². The highest BCUT2D eigenvalue weighted by Gasteiger charge is 2.55. The van der Waals surface area contributed by atoms with Crippen LogP contribution in [0.15, 0.2) is 30.3 Å². The average Bonchev–Trinajstić information content (AvgIpc) is 2.46. The lowest BCUT2D eigenvalue weighted by Crippen LogP contribution is -2.52. The molecule has 2 bridgehead atoms. The van der Waals surface area contributed by atoms with Crippen molar-refractivity contribution in [1.82, 2.24) is 0 Å². The molecule has 2 fully saturated rings. The summed E-state index contributed by atoms with van der Waals surface area (Å²) in [6.45, 7) is 12.5. The number of thiocarbonyl (C=S) groups is 1. The van der Waals surface area contributed by atoms with Crippen LogP contribution in [0.25, 0.3) is 0 Å². The Morgan fingerprint density at radius 2 is 1.61 bits per heavy atom. The predicted molar refractivity (Wildman–Crippen MR) is 105 cm³/mol. The number of rotatable bonds is 1. The van der Waals surface area contributed by atoms with Gasteiger partial charge in [-0.25, -0.2) is 0 Å². The van der Waals surface area contributed by atoms with Crippen molar-refractivity contribution >= 4 is 17.7 Å². The summed E-state index contributed by atoms with van der Waals surface area (Å²) in [6, 6.07) is 11.4. The molecule has 1 aromatic rings. The summed E-state index contributed by atoms with van der Waals surface area (Å²) in [5, 5.41) is 0. The largest absolute Gasteiger partial charge is 0.396 e. The van der Waals surface area contributed by atoms with Gasteiger partial charge in [-0.3, -0.25) is 0 Å². The number of benzene rings is 1. The van der Waals surface area contributed by atoms with Gasteiger partial charge in [-0.1, -0.05) is 77.2 Å². The zero-order chi connectivity index (χ0) is 17.3. The molecule has 0 heterocycles. The van der Waals surface area contributed by atoms with Crippen LogP contribution in [0.3, 0.4) is 0 Å². The molecule has 3 atom stereocenters. The molecule has 2 saturated carbocycles. The van der Waals surface area contributed by atoms with Gasteiger partial charge < -0.3 is 5.73 Å². The third-order valence-electron chi connectivity index (χ3n) is 6.66. The molecule has 3 rings (SSSR count). The van der Waals surface area contributed by atoms with Crippen molar-refractivity contribution in [3.8, 4) is 0 Å². The molecule has 1 nitrogen and oxygen atoms in total. The van der Waals surface area contributed by atoms with E-state index in [2.05, 4.69) is 82.9 Å². The van der Waals surface area contributed by atoms with Gasteiger partial charge in [0.15, 0.2) is 0 Å². The number of nitrogens with two attached hydrogens (primary N) is 1. The van der Waals surface area contributed by atoms with Crippen LogP contribution in [0.5, 0.6) is 0 Å². The molecule has 0 aromatic heterocycles. The van der Waals surface area contributed by atoms with Gasteiger partial charge in [0.2, 0.25) is 0 Å². The standard InChI is InChI=1S/C20H30.CH3NS/c1-15-11-20(16-9-7-6-8-10-16)13-17(19(15,4)5)12-18(2,3)14-20;2-1-3/h6-10,15,17H,11-14H2,1-5H3;1H,(H2,2,3). The Hall–Kier alpha value is -0.890. The van der Waals surface area contributed by atoms with E-state index < -0.39 is 0 Å². The van der Waals surface area contributed by atoms with E-state index in [-0.39, 0.29) is 0 Å². The van der Waals surface area contributed by atoms with E-state index >= 15 is 0 Å². The second-order valence-corrected chi connectivity index (χ2v) is 9.43. The van der Waals surface area contributed by atoms with Crippen LogP contribution < -0.4 is 5.73 Å². The summed E-state index contributed by atoms with van der Waals surface area (Å²) in [7, 11) is 0. The summed E-state index contributed by atoms with van der Waals surface area (Å²) in [4.78, 5) is 0. The minimum absolute atomic E-state index is 0.433. The number of hydrogen-bond donors (Lipinski definition) is 1. The Kier molecular flexibility index (Phi) is 5.25. The smallest absolute Gasteiger partial charge is 0.0588 e. The molecule has 3 unspecified atom stereocenters. The number of hydrogen-bond acceptors (Lipinski definition) is 1. The van der Waals surface area contributed by atoms with Gasteiger partial charge in [0.25, 0.3) is 0 Å². The van der Waals surface area contributed by atoms with Gasteiger partial charge in [0.1, 0.15) is 0 Å². The lowest BCUT2D eigenvalue weighted by molar-refractivity contribution is -0.0595. The molecule has 23 heavy (non-hydrogen) atoms. The van der Waals surface area contributed by atoms with Crippen molar-refractivity contribution in [1.29, 1.82) is 0 Å². The zero-order valence-corrected chi connectivity index (χ0v) is 16.2. The molecular weight excluding hydrogens is 298 g/mol. The maximum Gasteiger partial charge on any atom is 0.0588 e. The van der Waals surface area contributed by atoms with Crippen LogP contribution in [0.4, 0.5) is 0 Å². The van der Waals surface area contributed by atoms with E-state index in [9.17, 15) is 0 Å². The molecule has 2 heteroatoms. The molecule has 0 amide bonds. The Bertz CT molecular complexity index is 530. The highest BCUT2D eigenvalue weighted by Crippen LogP contribution is 2.63. The molecule has 1 aromatic carbocycles. The van der Waals surface area contributed by atoms with Gasteiger partial charge in [0, 0.05) is 0 Å². The SMILES string of the molecule is CC1CC2(c3ccccc3)CC(CC(C)(C)C2)C1(C)C.NC=S. The third-order valence-corrected chi connectivity index (χ3v) is 6.66. The highest BCUT2D eigenvalue weighted by atomic mass is 32.1. The lowest BCUT2D eigenvalue weighted by Gasteiger charge is -2.60.